The van der Waals surface area contributed by atoms with Gasteiger partial charge in [-0.3, -0.25) is 4.90 Å². The number of hydrogen-bond acceptors (Lipinski definition) is 4. The van der Waals surface area contributed by atoms with Crippen molar-refractivity contribution in [1.82, 2.24) is 5.16 Å². The molecule has 0 spiro atoms. The van der Waals surface area contributed by atoms with Crippen molar-refractivity contribution in [2.24, 2.45) is 11.7 Å². The highest BCUT2D eigenvalue weighted by Crippen LogP contribution is 2.58. The molecule has 4 rings (SSSR count). The van der Waals surface area contributed by atoms with Crippen LogP contribution in [0.1, 0.15) is 11.5 Å². The van der Waals surface area contributed by atoms with Gasteiger partial charge in [-0.1, -0.05) is 5.16 Å². The Hall–Kier alpha value is -2.64. The number of amides is 2. The third-order valence-corrected chi connectivity index (χ3v) is 4.18. The van der Waals surface area contributed by atoms with Crippen LogP contribution in [0.25, 0.3) is 0 Å². The maximum absolute atomic E-state index is 14.1. The molecule has 3 atom stereocenters. The number of nitrogens with zero attached hydrogens (tertiary/aromatic N) is 2. The van der Waals surface area contributed by atoms with Crippen LogP contribution in [-0.4, -0.2) is 23.8 Å². The van der Waals surface area contributed by atoms with Gasteiger partial charge in [0.1, 0.15) is 12.1 Å². The van der Waals surface area contributed by atoms with E-state index in [2.05, 4.69) is 5.16 Å². The zero-order valence-corrected chi connectivity index (χ0v) is 11.2. The van der Waals surface area contributed by atoms with Gasteiger partial charge < -0.3 is 15.0 Å². The van der Waals surface area contributed by atoms with Crippen molar-refractivity contribution in [2.45, 2.75) is 12.0 Å². The second-order valence-electron chi connectivity index (χ2n) is 5.33. The lowest BCUT2D eigenvalue weighted by Crippen LogP contribution is -2.39. The minimum absolute atomic E-state index is 0.0895. The maximum atomic E-state index is 14.1. The van der Waals surface area contributed by atoms with E-state index in [1.54, 1.807) is 0 Å². The number of urea groups is 1. The van der Waals surface area contributed by atoms with Crippen LogP contribution < -0.4 is 15.4 Å². The monoisotopic (exact) mass is 307 g/mol. The van der Waals surface area contributed by atoms with E-state index in [0.29, 0.717) is 0 Å². The van der Waals surface area contributed by atoms with Crippen molar-refractivity contribution in [3.63, 3.8) is 0 Å². The summed E-state index contributed by atoms with van der Waals surface area (Å²) >= 11 is 0. The predicted octanol–water partition coefficient (Wildman–Crippen LogP) is 2.01. The number of aromatic nitrogens is 1. The number of primary amides is 1. The van der Waals surface area contributed by atoms with E-state index in [0.717, 1.165) is 12.1 Å². The molecule has 2 aliphatic rings. The van der Waals surface area contributed by atoms with Gasteiger partial charge in [0.25, 0.3) is 0 Å². The van der Waals surface area contributed by atoms with Crippen molar-refractivity contribution < 1.29 is 22.8 Å². The zero-order valence-electron chi connectivity index (χ0n) is 11.2. The fourth-order valence-electron chi connectivity index (χ4n) is 3.22. The van der Waals surface area contributed by atoms with Gasteiger partial charge in [0.2, 0.25) is 0 Å². The number of nitrogens with two attached hydrogens (primary N) is 1. The number of fused-ring (bicyclic) bond motifs is 3. The fraction of sp³-hybridized carbons (Fsp3) is 0.286. The zero-order chi connectivity index (χ0) is 15.4. The number of anilines is 1. The molecule has 2 amide bonds. The number of ether oxygens (including phenoxy) is 1. The molecule has 0 saturated heterocycles. The average molecular weight is 307 g/mol. The van der Waals surface area contributed by atoms with Gasteiger partial charge in [-0.2, -0.15) is 0 Å². The van der Waals surface area contributed by atoms with Gasteiger partial charge in [0.15, 0.2) is 17.4 Å². The summed E-state index contributed by atoms with van der Waals surface area (Å²) in [7, 11) is 0. The molecule has 0 radical (unpaired) electrons. The van der Waals surface area contributed by atoms with E-state index in [1.165, 1.54) is 17.2 Å². The van der Waals surface area contributed by atoms with Gasteiger partial charge in [0.05, 0.1) is 12.6 Å². The lowest BCUT2D eigenvalue weighted by atomic mass is 10.0. The van der Waals surface area contributed by atoms with E-state index in [1.807, 2.05) is 0 Å². The third-order valence-electron chi connectivity index (χ3n) is 4.18. The highest BCUT2D eigenvalue weighted by molar-refractivity contribution is 5.91. The van der Waals surface area contributed by atoms with Crippen molar-refractivity contribution >= 4 is 11.8 Å². The van der Waals surface area contributed by atoms with Gasteiger partial charge in [0, 0.05) is 23.5 Å². The molecule has 22 heavy (non-hydrogen) atoms. The smallest absolute Gasteiger partial charge is 0.320 e. The summed E-state index contributed by atoms with van der Waals surface area (Å²) in [5.41, 5.74) is 5.56. The first-order valence-electron chi connectivity index (χ1n) is 6.69. The molecule has 1 aliphatic carbocycles. The molecule has 0 unspecified atom stereocenters. The first kappa shape index (κ1) is 13.1. The fourth-order valence-corrected chi connectivity index (χ4v) is 3.22. The standard InChI is InChI=1S/C14H11F2N3O3/c15-7-1-2-8(16)13-11(7)10-6(5-21-13)12(10)19(14(17)20)9-3-4-22-18-9/h1-4,6,10,12H,5H2,(H2,17,20)/t6-,10-,12-/m1/s1. The molecule has 0 bridgehead atoms. The first-order valence-corrected chi connectivity index (χ1v) is 6.69. The number of hydrogen-bond donors (Lipinski definition) is 1. The molecule has 114 valence electrons. The Kier molecular flexibility index (Phi) is 2.63. The Balaban J connectivity index is 1.75. The molecule has 2 heterocycles. The molecular weight excluding hydrogens is 296 g/mol. The average Bonchev–Trinajstić information content (AvgIpc) is 2.93. The van der Waals surface area contributed by atoms with E-state index in [-0.39, 0.29) is 35.6 Å². The first-order chi connectivity index (χ1) is 10.6. The third kappa shape index (κ3) is 1.69. The second kappa shape index (κ2) is 4.43. The Morgan fingerprint density at radius 2 is 2.09 bits per heavy atom. The normalized spacial score (nSPS) is 24.9. The van der Waals surface area contributed by atoms with Gasteiger partial charge in [-0.05, 0) is 12.1 Å². The van der Waals surface area contributed by atoms with Crippen LogP contribution in [0.3, 0.4) is 0 Å². The van der Waals surface area contributed by atoms with Gasteiger partial charge in [-0.15, -0.1) is 0 Å². The van der Waals surface area contributed by atoms with Crippen molar-refractivity contribution in [3.8, 4) is 5.75 Å². The van der Waals surface area contributed by atoms with E-state index in [9.17, 15) is 13.6 Å². The molecule has 1 aromatic carbocycles. The van der Waals surface area contributed by atoms with E-state index in [4.69, 9.17) is 15.0 Å². The molecule has 1 aliphatic heterocycles. The molecule has 2 N–H and O–H groups in total. The number of carbonyl (C=O) groups excluding carboxylic acids is 1. The Morgan fingerprint density at radius 1 is 1.32 bits per heavy atom. The minimum Gasteiger partial charge on any atom is -0.490 e. The summed E-state index contributed by atoms with van der Waals surface area (Å²) in [6.45, 7) is 0.185. The number of carbonyl (C=O) groups is 1. The minimum atomic E-state index is -0.730. The van der Waals surface area contributed by atoms with Crippen LogP contribution in [0.4, 0.5) is 19.4 Å². The number of benzene rings is 1. The molecule has 8 heteroatoms. The lowest BCUT2D eigenvalue weighted by Gasteiger charge is -2.17. The van der Waals surface area contributed by atoms with Crippen molar-refractivity contribution in [2.75, 3.05) is 11.5 Å². The summed E-state index contributed by atoms with van der Waals surface area (Å²) in [5.74, 6) is -1.55. The summed E-state index contributed by atoms with van der Waals surface area (Å²) in [5, 5.41) is 3.69. The summed E-state index contributed by atoms with van der Waals surface area (Å²) in [6, 6.07) is 2.40. The molecular formula is C14H11F2N3O3. The number of rotatable bonds is 2. The van der Waals surface area contributed by atoms with Crippen LogP contribution in [0.2, 0.25) is 0 Å². The molecule has 6 nitrogen and oxygen atoms in total. The van der Waals surface area contributed by atoms with E-state index < -0.39 is 23.7 Å². The van der Waals surface area contributed by atoms with Crippen LogP contribution in [0.15, 0.2) is 29.0 Å². The maximum Gasteiger partial charge on any atom is 0.320 e. The van der Waals surface area contributed by atoms with Crippen LogP contribution in [0, 0.1) is 17.6 Å². The van der Waals surface area contributed by atoms with Gasteiger partial charge in [-0.25, -0.2) is 13.6 Å². The molecule has 1 saturated carbocycles. The quantitative estimate of drug-likeness (QED) is 0.920. The van der Waals surface area contributed by atoms with Crippen LogP contribution >= 0.6 is 0 Å². The summed E-state index contributed by atoms with van der Waals surface area (Å²) in [4.78, 5) is 13.0. The Labute approximate surface area is 123 Å². The SMILES string of the molecule is NC(=O)N(c1ccon1)[C@@H]1[C@@H]2COc3c(F)ccc(F)c3[C@@H]21. The Morgan fingerprint density at radius 3 is 2.77 bits per heavy atom. The molecule has 2 aromatic rings. The second-order valence-corrected chi connectivity index (χ2v) is 5.33. The highest BCUT2D eigenvalue weighted by Gasteiger charge is 2.60. The van der Waals surface area contributed by atoms with Crippen LogP contribution in [0.5, 0.6) is 5.75 Å². The Bertz CT molecular complexity index is 750. The topological polar surface area (TPSA) is 81.6 Å². The highest BCUT2D eigenvalue weighted by atomic mass is 19.1. The largest absolute Gasteiger partial charge is 0.490 e. The van der Waals surface area contributed by atoms with E-state index >= 15 is 0 Å². The summed E-state index contributed by atoms with van der Waals surface area (Å²) in [6.07, 6.45) is 1.31. The molecule has 1 aromatic heterocycles. The summed E-state index contributed by atoms with van der Waals surface area (Å²) < 4.78 is 37.9. The predicted molar refractivity (Wildman–Crippen MR) is 70.4 cm³/mol. The van der Waals surface area contributed by atoms with Crippen molar-refractivity contribution in [1.29, 1.82) is 0 Å². The number of halogens is 2. The van der Waals surface area contributed by atoms with Crippen molar-refractivity contribution in [3.05, 3.63) is 41.7 Å². The van der Waals surface area contributed by atoms with Crippen LogP contribution in [-0.2, 0) is 0 Å². The molecule has 1 fully saturated rings. The lowest BCUT2D eigenvalue weighted by molar-refractivity contribution is 0.250. The van der Waals surface area contributed by atoms with Gasteiger partial charge >= 0.3 is 6.03 Å².